The normalized spacial score (nSPS) is 11.6. The molecule has 0 aromatic carbocycles. The SMILES string of the molecule is CC(=NNC(=O)c1c(C)nc2ccccn12)c1ccncc1. The topological polar surface area (TPSA) is 71.7 Å². The van der Waals surface area contributed by atoms with Crippen LogP contribution in [0.3, 0.4) is 0 Å². The van der Waals surface area contributed by atoms with Crippen LogP contribution in [-0.4, -0.2) is 26.0 Å². The summed E-state index contributed by atoms with van der Waals surface area (Å²) in [5, 5.41) is 4.15. The maximum Gasteiger partial charge on any atom is 0.290 e. The lowest BCUT2D eigenvalue weighted by molar-refractivity contribution is 0.0948. The smallest absolute Gasteiger partial charge is 0.290 e. The molecular formula is C16H15N5O. The molecule has 0 saturated carbocycles. The van der Waals surface area contributed by atoms with Gasteiger partial charge in [0.2, 0.25) is 0 Å². The molecule has 22 heavy (non-hydrogen) atoms. The molecule has 0 fully saturated rings. The number of hydrogen-bond acceptors (Lipinski definition) is 4. The van der Waals surface area contributed by atoms with E-state index in [4.69, 9.17) is 0 Å². The van der Waals surface area contributed by atoms with Gasteiger partial charge in [0, 0.05) is 24.2 Å². The number of carbonyl (C=O) groups excluding carboxylic acids is 1. The van der Waals surface area contributed by atoms with Crippen LogP contribution in [0.5, 0.6) is 0 Å². The molecule has 0 spiro atoms. The minimum absolute atomic E-state index is 0.287. The Morgan fingerprint density at radius 3 is 2.77 bits per heavy atom. The summed E-state index contributed by atoms with van der Waals surface area (Å²) >= 11 is 0. The Labute approximate surface area is 127 Å². The zero-order valence-electron chi connectivity index (χ0n) is 12.3. The lowest BCUT2D eigenvalue weighted by Gasteiger charge is -2.03. The Morgan fingerprint density at radius 2 is 2.00 bits per heavy atom. The van der Waals surface area contributed by atoms with Crippen LogP contribution in [0.2, 0.25) is 0 Å². The second-order valence-electron chi connectivity index (χ2n) is 4.85. The number of carbonyl (C=O) groups is 1. The predicted octanol–water partition coefficient (Wildman–Crippen LogP) is 2.19. The highest BCUT2D eigenvalue weighted by molar-refractivity contribution is 6.00. The van der Waals surface area contributed by atoms with Gasteiger partial charge in [-0.2, -0.15) is 5.10 Å². The summed E-state index contributed by atoms with van der Waals surface area (Å²) < 4.78 is 1.75. The van der Waals surface area contributed by atoms with Crippen molar-refractivity contribution < 1.29 is 4.79 Å². The first-order chi connectivity index (χ1) is 10.7. The van der Waals surface area contributed by atoms with Gasteiger partial charge in [-0.3, -0.25) is 14.2 Å². The average molecular weight is 293 g/mol. The van der Waals surface area contributed by atoms with Crippen molar-refractivity contribution in [2.24, 2.45) is 5.10 Å². The monoisotopic (exact) mass is 293 g/mol. The van der Waals surface area contributed by atoms with Gasteiger partial charge in [-0.1, -0.05) is 6.07 Å². The van der Waals surface area contributed by atoms with Crippen molar-refractivity contribution in [2.45, 2.75) is 13.8 Å². The summed E-state index contributed by atoms with van der Waals surface area (Å²) in [7, 11) is 0. The van der Waals surface area contributed by atoms with Crippen molar-refractivity contribution >= 4 is 17.3 Å². The van der Waals surface area contributed by atoms with E-state index in [1.807, 2.05) is 43.5 Å². The second kappa shape index (κ2) is 5.77. The maximum absolute atomic E-state index is 12.4. The van der Waals surface area contributed by atoms with E-state index in [0.29, 0.717) is 17.1 Å². The van der Waals surface area contributed by atoms with E-state index in [1.165, 1.54) is 0 Å². The van der Waals surface area contributed by atoms with E-state index in [1.54, 1.807) is 23.7 Å². The standard InChI is InChI=1S/C16H15N5O/c1-11(13-6-8-17-9-7-13)19-20-16(22)15-12(2)18-14-5-3-4-10-21(14)15/h3-10H,1-2H3,(H,20,22). The van der Waals surface area contributed by atoms with Crippen LogP contribution in [0.4, 0.5) is 0 Å². The molecule has 0 aliphatic carbocycles. The van der Waals surface area contributed by atoms with E-state index in [-0.39, 0.29) is 5.91 Å². The molecule has 1 amide bonds. The van der Waals surface area contributed by atoms with Gasteiger partial charge >= 0.3 is 0 Å². The van der Waals surface area contributed by atoms with Gasteiger partial charge in [-0.25, -0.2) is 10.4 Å². The number of imidazole rings is 1. The van der Waals surface area contributed by atoms with Crippen molar-refractivity contribution in [1.82, 2.24) is 19.8 Å². The number of hydrogen-bond donors (Lipinski definition) is 1. The van der Waals surface area contributed by atoms with Crippen LogP contribution < -0.4 is 5.43 Å². The summed E-state index contributed by atoms with van der Waals surface area (Å²) in [4.78, 5) is 20.7. The van der Waals surface area contributed by atoms with Gasteiger partial charge in [0.1, 0.15) is 11.3 Å². The van der Waals surface area contributed by atoms with Gasteiger partial charge in [-0.05, 0) is 38.1 Å². The molecule has 0 unspecified atom stereocenters. The molecule has 3 rings (SSSR count). The number of hydrazone groups is 1. The largest absolute Gasteiger partial charge is 0.295 e. The molecule has 0 bridgehead atoms. The van der Waals surface area contributed by atoms with Crippen molar-refractivity contribution in [3.63, 3.8) is 0 Å². The molecule has 6 nitrogen and oxygen atoms in total. The van der Waals surface area contributed by atoms with Crippen LogP contribution >= 0.6 is 0 Å². The number of nitrogens with zero attached hydrogens (tertiary/aromatic N) is 4. The molecule has 0 aliphatic heterocycles. The van der Waals surface area contributed by atoms with Gasteiger partial charge in [0.25, 0.3) is 5.91 Å². The lowest BCUT2D eigenvalue weighted by atomic mass is 10.2. The molecule has 3 heterocycles. The van der Waals surface area contributed by atoms with Gasteiger partial charge < -0.3 is 0 Å². The van der Waals surface area contributed by atoms with E-state index < -0.39 is 0 Å². The number of aromatic nitrogens is 3. The molecule has 3 aromatic rings. The summed E-state index contributed by atoms with van der Waals surface area (Å²) in [6.45, 7) is 3.64. The van der Waals surface area contributed by atoms with Crippen molar-refractivity contribution in [3.05, 3.63) is 65.9 Å². The van der Waals surface area contributed by atoms with Crippen LogP contribution in [0.15, 0.2) is 54.0 Å². The highest BCUT2D eigenvalue weighted by Crippen LogP contribution is 2.11. The quantitative estimate of drug-likeness (QED) is 0.594. The molecular weight excluding hydrogens is 278 g/mol. The van der Waals surface area contributed by atoms with Crippen LogP contribution in [0, 0.1) is 6.92 Å². The Balaban J connectivity index is 1.87. The Morgan fingerprint density at radius 1 is 1.23 bits per heavy atom. The second-order valence-corrected chi connectivity index (χ2v) is 4.85. The fourth-order valence-electron chi connectivity index (χ4n) is 2.23. The zero-order chi connectivity index (χ0) is 15.5. The molecule has 110 valence electrons. The van der Waals surface area contributed by atoms with Crippen LogP contribution in [0.25, 0.3) is 5.65 Å². The highest BCUT2D eigenvalue weighted by Gasteiger charge is 2.15. The molecule has 0 saturated heterocycles. The number of fused-ring (bicyclic) bond motifs is 1. The first kappa shape index (κ1) is 13.9. The maximum atomic E-state index is 12.4. The summed E-state index contributed by atoms with van der Waals surface area (Å²) in [6.07, 6.45) is 5.18. The van der Waals surface area contributed by atoms with Gasteiger partial charge in [0.15, 0.2) is 0 Å². The van der Waals surface area contributed by atoms with Crippen LogP contribution in [0.1, 0.15) is 28.7 Å². The van der Waals surface area contributed by atoms with E-state index in [2.05, 4.69) is 20.5 Å². The Bertz CT molecular complexity index is 851. The fraction of sp³-hybridized carbons (Fsp3) is 0.125. The third-order valence-electron chi connectivity index (χ3n) is 3.34. The summed E-state index contributed by atoms with van der Waals surface area (Å²) in [6, 6.07) is 9.27. The van der Waals surface area contributed by atoms with Gasteiger partial charge in [0.05, 0.1) is 11.4 Å². The first-order valence-electron chi connectivity index (χ1n) is 6.85. The third kappa shape index (κ3) is 2.58. The Hall–Kier alpha value is -3.02. The van der Waals surface area contributed by atoms with E-state index >= 15 is 0 Å². The van der Waals surface area contributed by atoms with Crippen molar-refractivity contribution in [2.75, 3.05) is 0 Å². The number of rotatable bonds is 3. The minimum Gasteiger partial charge on any atom is -0.295 e. The van der Waals surface area contributed by atoms with E-state index in [0.717, 1.165) is 11.2 Å². The highest BCUT2D eigenvalue weighted by atomic mass is 16.2. The molecule has 6 heteroatoms. The number of nitrogens with one attached hydrogen (secondary N) is 1. The molecule has 3 aromatic heterocycles. The minimum atomic E-state index is -0.287. The zero-order valence-corrected chi connectivity index (χ0v) is 12.3. The van der Waals surface area contributed by atoms with Gasteiger partial charge in [-0.15, -0.1) is 0 Å². The third-order valence-corrected chi connectivity index (χ3v) is 3.34. The molecule has 0 atom stereocenters. The summed E-state index contributed by atoms with van der Waals surface area (Å²) in [5.41, 5.74) is 6.09. The summed E-state index contributed by atoms with van der Waals surface area (Å²) in [5.74, 6) is -0.287. The van der Waals surface area contributed by atoms with Crippen molar-refractivity contribution in [1.29, 1.82) is 0 Å². The number of pyridine rings is 2. The Kier molecular flexibility index (Phi) is 3.65. The predicted molar refractivity (Wildman–Crippen MR) is 83.8 cm³/mol. The van der Waals surface area contributed by atoms with E-state index in [9.17, 15) is 4.79 Å². The van der Waals surface area contributed by atoms with Crippen LogP contribution in [-0.2, 0) is 0 Å². The first-order valence-corrected chi connectivity index (χ1v) is 6.85. The number of aryl methyl sites for hydroxylation is 1. The lowest BCUT2D eigenvalue weighted by Crippen LogP contribution is -2.21. The number of amides is 1. The van der Waals surface area contributed by atoms with Crippen molar-refractivity contribution in [3.8, 4) is 0 Å². The molecule has 1 N–H and O–H groups in total. The average Bonchev–Trinajstić information content (AvgIpc) is 2.89. The molecule has 0 radical (unpaired) electrons. The molecule has 0 aliphatic rings. The fourth-order valence-corrected chi connectivity index (χ4v) is 2.23.